The molecule has 3 nitrogen and oxygen atoms in total. The predicted molar refractivity (Wildman–Crippen MR) is 94.3 cm³/mol. The second-order valence-electron chi connectivity index (χ2n) is 8.11. The third-order valence-corrected chi connectivity index (χ3v) is 6.96. The van der Waals surface area contributed by atoms with Gasteiger partial charge in [-0.25, -0.2) is 4.79 Å². The Kier molecular flexibility index (Phi) is 5.12. The standard InChI is InChI=1S/C19H30O3S/c1-4-17(20)22-13-19-9-15-6-16(10-19)8-18(7-15,11-19)12-21-14(3)23-5-2/h4,14-16H,1,5-13H2,2-3H3. The van der Waals surface area contributed by atoms with Gasteiger partial charge in [-0.2, -0.15) is 0 Å². The molecular formula is C19H30O3S. The lowest BCUT2D eigenvalue weighted by Crippen LogP contribution is -2.55. The molecule has 23 heavy (non-hydrogen) atoms. The maximum Gasteiger partial charge on any atom is 0.330 e. The van der Waals surface area contributed by atoms with Crippen molar-refractivity contribution in [1.82, 2.24) is 0 Å². The van der Waals surface area contributed by atoms with E-state index in [0.29, 0.717) is 12.0 Å². The fourth-order valence-electron chi connectivity index (χ4n) is 5.85. The van der Waals surface area contributed by atoms with Gasteiger partial charge < -0.3 is 9.47 Å². The van der Waals surface area contributed by atoms with Crippen molar-refractivity contribution in [2.75, 3.05) is 19.0 Å². The Morgan fingerprint density at radius 2 is 1.87 bits per heavy atom. The minimum Gasteiger partial charge on any atom is -0.462 e. The molecule has 0 aliphatic heterocycles. The third kappa shape index (κ3) is 3.79. The average molecular weight is 339 g/mol. The summed E-state index contributed by atoms with van der Waals surface area (Å²) in [7, 11) is 0. The molecule has 0 saturated heterocycles. The Hall–Kier alpha value is -0.480. The minimum atomic E-state index is -0.279. The summed E-state index contributed by atoms with van der Waals surface area (Å²) in [6.45, 7) is 9.31. The molecule has 0 radical (unpaired) electrons. The molecule has 0 amide bonds. The van der Waals surface area contributed by atoms with Gasteiger partial charge in [0.2, 0.25) is 0 Å². The molecule has 0 N–H and O–H groups in total. The van der Waals surface area contributed by atoms with E-state index in [0.717, 1.165) is 24.2 Å². The molecular weight excluding hydrogens is 308 g/mol. The summed E-state index contributed by atoms with van der Waals surface area (Å²) in [5.74, 6) is 2.42. The number of hydrogen-bond acceptors (Lipinski definition) is 4. The van der Waals surface area contributed by atoms with Crippen LogP contribution in [-0.4, -0.2) is 30.4 Å². The largest absolute Gasteiger partial charge is 0.462 e. The SMILES string of the molecule is C=CC(=O)OCC12CC3CC(C1)CC(COC(C)SCC)(C3)C2. The van der Waals surface area contributed by atoms with Gasteiger partial charge in [0.25, 0.3) is 0 Å². The van der Waals surface area contributed by atoms with Crippen LogP contribution >= 0.6 is 11.8 Å². The van der Waals surface area contributed by atoms with E-state index in [1.807, 2.05) is 11.8 Å². The molecule has 4 aliphatic carbocycles. The molecule has 0 aromatic heterocycles. The van der Waals surface area contributed by atoms with Gasteiger partial charge in [0.05, 0.1) is 18.6 Å². The zero-order valence-corrected chi connectivity index (χ0v) is 15.3. The lowest BCUT2D eigenvalue weighted by molar-refractivity contribution is -0.170. The van der Waals surface area contributed by atoms with Crippen molar-refractivity contribution in [3.8, 4) is 0 Å². The first kappa shape index (κ1) is 17.3. The van der Waals surface area contributed by atoms with E-state index >= 15 is 0 Å². The molecule has 0 heterocycles. The van der Waals surface area contributed by atoms with Gasteiger partial charge in [0, 0.05) is 11.5 Å². The van der Waals surface area contributed by atoms with E-state index < -0.39 is 0 Å². The van der Waals surface area contributed by atoms with Gasteiger partial charge in [-0.05, 0) is 68.5 Å². The predicted octanol–water partition coefficient (Wildman–Crippen LogP) is 4.42. The fraction of sp³-hybridized carbons (Fsp3) is 0.842. The highest BCUT2D eigenvalue weighted by atomic mass is 32.2. The first-order chi connectivity index (χ1) is 11.0. The molecule has 3 unspecified atom stereocenters. The minimum absolute atomic E-state index is 0.202. The first-order valence-corrected chi connectivity index (χ1v) is 10.1. The van der Waals surface area contributed by atoms with Crippen LogP contribution in [0.25, 0.3) is 0 Å². The van der Waals surface area contributed by atoms with Gasteiger partial charge >= 0.3 is 5.97 Å². The van der Waals surface area contributed by atoms with Gasteiger partial charge in [-0.3, -0.25) is 0 Å². The van der Waals surface area contributed by atoms with Crippen molar-refractivity contribution in [2.24, 2.45) is 22.7 Å². The number of hydrogen-bond donors (Lipinski definition) is 0. The lowest BCUT2D eigenvalue weighted by Gasteiger charge is -2.61. The van der Waals surface area contributed by atoms with Crippen LogP contribution in [0.5, 0.6) is 0 Å². The summed E-state index contributed by atoms with van der Waals surface area (Å²) >= 11 is 1.87. The highest BCUT2D eigenvalue weighted by Gasteiger charge is 2.58. The van der Waals surface area contributed by atoms with Gasteiger partial charge in [-0.15, -0.1) is 11.8 Å². The second kappa shape index (κ2) is 6.79. The maximum atomic E-state index is 11.5. The number of carbonyl (C=O) groups excluding carboxylic acids is 1. The number of ether oxygens (including phenoxy) is 2. The summed E-state index contributed by atoms with van der Waals surface area (Å²) in [5.41, 5.74) is 0.808. The maximum absolute atomic E-state index is 11.5. The summed E-state index contributed by atoms with van der Waals surface area (Å²) in [6.07, 6.45) is 8.90. The summed E-state index contributed by atoms with van der Waals surface area (Å²) in [6, 6.07) is 0. The zero-order valence-electron chi connectivity index (χ0n) is 14.5. The van der Waals surface area contributed by atoms with Crippen LogP contribution in [0.3, 0.4) is 0 Å². The van der Waals surface area contributed by atoms with Crippen LogP contribution < -0.4 is 0 Å². The van der Waals surface area contributed by atoms with Crippen molar-refractivity contribution in [3.63, 3.8) is 0 Å². The van der Waals surface area contributed by atoms with Crippen molar-refractivity contribution >= 4 is 17.7 Å². The van der Waals surface area contributed by atoms with E-state index in [9.17, 15) is 4.79 Å². The Balaban J connectivity index is 1.66. The van der Waals surface area contributed by atoms with Crippen molar-refractivity contribution in [2.45, 2.75) is 57.8 Å². The first-order valence-electron chi connectivity index (χ1n) is 9.00. The number of carbonyl (C=O) groups is 1. The summed E-state index contributed by atoms with van der Waals surface area (Å²) in [5, 5.41) is 0. The van der Waals surface area contributed by atoms with E-state index in [1.54, 1.807) is 0 Å². The lowest BCUT2D eigenvalue weighted by atomic mass is 9.44. The molecule has 4 heteroatoms. The smallest absolute Gasteiger partial charge is 0.330 e. The van der Waals surface area contributed by atoms with E-state index in [2.05, 4.69) is 20.4 Å². The van der Waals surface area contributed by atoms with Crippen LogP contribution in [0, 0.1) is 22.7 Å². The van der Waals surface area contributed by atoms with Crippen LogP contribution in [-0.2, 0) is 14.3 Å². The third-order valence-electron chi connectivity index (χ3n) is 6.02. The molecule has 4 fully saturated rings. The van der Waals surface area contributed by atoms with Gasteiger partial charge in [0.1, 0.15) is 0 Å². The number of esters is 1. The van der Waals surface area contributed by atoms with E-state index in [4.69, 9.17) is 9.47 Å². The Morgan fingerprint density at radius 3 is 2.43 bits per heavy atom. The normalized spacial score (nSPS) is 39.2. The topological polar surface area (TPSA) is 35.5 Å². The highest BCUT2D eigenvalue weighted by molar-refractivity contribution is 7.99. The molecule has 4 saturated carbocycles. The molecule has 0 aromatic carbocycles. The quantitative estimate of drug-likeness (QED) is 0.373. The monoisotopic (exact) mass is 338 g/mol. The van der Waals surface area contributed by atoms with Gasteiger partial charge in [0.15, 0.2) is 0 Å². The average Bonchev–Trinajstić information content (AvgIpc) is 2.50. The highest BCUT2D eigenvalue weighted by Crippen LogP contribution is 2.65. The van der Waals surface area contributed by atoms with E-state index in [-0.39, 0.29) is 16.8 Å². The van der Waals surface area contributed by atoms with Crippen molar-refractivity contribution in [1.29, 1.82) is 0 Å². The summed E-state index contributed by atoms with van der Waals surface area (Å²) < 4.78 is 11.7. The van der Waals surface area contributed by atoms with Gasteiger partial charge in [-0.1, -0.05) is 13.5 Å². The Bertz CT molecular complexity index is 448. The molecule has 0 aromatic rings. The second-order valence-corrected chi connectivity index (χ2v) is 9.68. The molecule has 3 atom stereocenters. The zero-order chi connectivity index (χ0) is 16.5. The molecule has 0 spiro atoms. The number of thioether (sulfide) groups is 1. The van der Waals surface area contributed by atoms with Crippen LogP contribution in [0.4, 0.5) is 0 Å². The molecule has 4 aliphatic rings. The van der Waals surface area contributed by atoms with Crippen molar-refractivity contribution in [3.05, 3.63) is 12.7 Å². The van der Waals surface area contributed by atoms with E-state index in [1.165, 1.54) is 44.6 Å². The van der Waals surface area contributed by atoms with Crippen LogP contribution in [0.2, 0.25) is 0 Å². The van der Waals surface area contributed by atoms with Crippen LogP contribution in [0.15, 0.2) is 12.7 Å². The molecule has 4 rings (SSSR count). The fourth-order valence-corrected chi connectivity index (χ4v) is 6.48. The van der Waals surface area contributed by atoms with Crippen molar-refractivity contribution < 1.29 is 14.3 Å². The number of rotatable bonds is 8. The summed E-state index contributed by atoms with van der Waals surface area (Å²) in [4.78, 5) is 11.5. The Labute approximate surface area is 144 Å². The van der Waals surface area contributed by atoms with Crippen LogP contribution in [0.1, 0.15) is 52.4 Å². The Morgan fingerprint density at radius 1 is 1.26 bits per heavy atom. The molecule has 130 valence electrons. The molecule has 4 bridgehead atoms.